The highest BCUT2D eigenvalue weighted by molar-refractivity contribution is 7.19. The Bertz CT molecular complexity index is 1190. The second-order valence-corrected chi connectivity index (χ2v) is 10.2. The summed E-state index contributed by atoms with van der Waals surface area (Å²) in [5, 5.41) is 10.7. The molecule has 29 heavy (non-hydrogen) atoms. The normalized spacial score (nSPS) is 17.3. The molecule has 0 aliphatic heterocycles. The van der Waals surface area contributed by atoms with Crippen LogP contribution in [0.25, 0.3) is 15.9 Å². The first-order chi connectivity index (χ1) is 13.9. The number of aryl methyl sites for hydroxylation is 3. The van der Waals surface area contributed by atoms with Crippen molar-refractivity contribution in [2.45, 2.75) is 59.4 Å². The Labute approximate surface area is 178 Å². The molecule has 0 bridgehead atoms. The molecule has 0 fully saturated rings. The van der Waals surface area contributed by atoms with Gasteiger partial charge in [-0.1, -0.05) is 38.8 Å². The molecule has 4 heterocycles. The second kappa shape index (κ2) is 7.06. The first kappa shape index (κ1) is 19.0. The van der Waals surface area contributed by atoms with Gasteiger partial charge in [0, 0.05) is 24.0 Å². The lowest BCUT2D eigenvalue weighted by Gasteiger charge is -2.36. The van der Waals surface area contributed by atoms with Crippen molar-refractivity contribution >= 4 is 38.8 Å². The van der Waals surface area contributed by atoms with Crippen LogP contribution in [0.4, 0.5) is 0 Å². The minimum absolute atomic E-state index is 0.383. The van der Waals surface area contributed by atoms with Crippen molar-refractivity contribution in [3.8, 4) is 0 Å². The molecule has 8 heteroatoms. The van der Waals surface area contributed by atoms with Gasteiger partial charge in [0.2, 0.25) is 0 Å². The summed E-state index contributed by atoms with van der Waals surface area (Å²) in [4.78, 5) is 12.2. The maximum absolute atomic E-state index is 5.95. The maximum atomic E-state index is 5.95. The average molecular weight is 429 g/mol. The number of thiophene rings is 1. The minimum Gasteiger partial charge on any atom is -0.271 e. The first-order valence-corrected chi connectivity index (χ1v) is 11.5. The third-order valence-corrected chi connectivity index (χ3v) is 7.97. The molecule has 4 aromatic heterocycles. The van der Waals surface area contributed by atoms with E-state index in [0.717, 1.165) is 35.1 Å². The van der Waals surface area contributed by atoms with Gasteiger partial charge in [-0.05, 0) is 36.2 Å². The van der Waals surface area contributed by atoms with E-state index in [1.165, 1.54) is 28.7 Å². The molecule has 0 saturated carbocycles. The molecule has 0 N–H and O–H groups in total. The van der Waals surface area contributed by atoms with Crippen LogP contribution in [-0.2, 0) is 25.8 Å². The Kier molecular flexibility index (Phi) is 4.62. The smallest absolute Gasteiger partial charge is 0.167 e. The molecule has 0 amide bonds. The minimum atomic E-state index is 0.383. The van der Waals surface area contributed by atoms with Crippen molar-refractivity contribution in [1.29, 1.82) is 0 Å². The predicted molar refractivity (Wildman–Crippen MR) is 117 cm³/mol. The summed E-state index contributed by atoms with van der Waals surface area (Å²) in [6.45, 7) is 7.82. The topological polar surface area (TPSA) is 60.9 Å². The predicted octanol–water partition coefficient (Wildman–Crippen LogP) is 4.97. The molecule has 1 atom stereocenters. The van der Waals surface area contributed by atoms with Crippen molar-refractivity contribution in [3.63, 3.8) is 0 Å². The van der Waals surface area contributed by atoms with Crippen LogP contribution >= 0.6 is 22.9 Å². The van der Waals surface area contributed by atoms with Crippen molar-refractivity contribution in [2.75, 3.05) is 0 Å². The summed E-state index contributed by atoms with van der Waals surface area (Å²) < 4.78 is 3.66. The molecule has 0 saturated heterocycles. The molecule has 0 spiro atoms. The number of fused-ring (bicyclic) bond motifs is 5. The Morgan fingerprint density at radius 1 is 1.34 bits per heavy atom. The van der Waals surface area contributed by atoms with Gasteiger partial charge in [0.05, 0.1) is 16.6 Å². The zero-order valence-electron chi connectivity index (χ0n) is 17.0. The van der Waals surface area contributed by atoms with Crippen LogP contribution in [0.2, 0.25) is 5.02 Å². The van der Waals surface area contributed by atoms with Gasteiger partial charge >= 0.3 is 0 Å². The molecule has 1 aliphatic carbocycles. The van der Waals surface area contributed by atoms with Gasteiger partial charge in [-0.2, -0.15) is 5.10 Å². The van der Waals surface area contributed by atoms with E-state index in [9.17, 15) is 0 Å². The highest BCUT2D eigenvalue weighted by Crippen LogP contribution is 2.44. The zero-order chi connectivity index (χ0) is 20.2. The van der Waals surface area contributed by atoms with Crippen LogP contribution in [0.5, 0.6) is 0 Å². The number of hydrogen-bond donors (Lipinski definition) is 0. The van der Waals surface area contributed by atoms with E-state index in [0.29, 0.717) is 23.4 Å². The molecular formula is C21H25ClN6S. The van der Waals surface area contributed by atoms with Gasteiger partial charge < -0.3 is 0 Å². The Morgan fingerprint density at radius 3 is 2.97 bits per heavy atom. The first-order valence-electron chi connectivity index (χ1n) is 10.3. The molecule has 152 valence electrons. The van der Waals surface area contributed by atoms with Crippen LogP contribution in [0.1, 0.15) is 49.9 Å². The van der Waals surface area contributed by atoms with E-state index in [1.807, 2.05) is 26.7 Å². The molecule has 1 unspecified atom stereocenters. The Balaban J connectivity index is 1.48. The molecular weight excluding hydrogens is 404 g/mol. The van der Waals surface area contributed by atoms with Gasteiger partial charge in [-0.25, -0.2) is 14.5 Å². The zero-order valence-corrected chi connectivity index (χ0v) is 18.6. The monoisotopic (exact) mass is 428 g/mol. The highest BCUT2D eigenvalue weighted by Gasteiger charge is 2.33. The molecule has 1 aliphatic rings. The van der Waals surface area contributed by atoms with Gasteiger partial charge in [-0.3, -0.25) is 4.68 Å². The third kappa shape index (κ3) is 3.34. The van der Waals surface area contributed by atoms with E-state index >= 15 is 0 Å². The number of rotatable bonds is 5. The number of hydrogen-bond acceptors (Lipinski definition) is 5. The maximum Gasteiger partial charge on any atom is 0.167 e. The number of aromatic nitrogens is 6. The fourth-order valence-corrected chi connectivity index (χ4v) is 5.77. The third-order valence-electron chi connectivity index (χ3n) is 6.61. The fourth-order valence-electron chi connectivity index (χ4n) is 4.36. The fraction of sp³-hybridized carbons (Fsp3) is 0.524. The molecule has 5 rings (SSSR count). The lowest BCUT2D eigenvalue weighted by atomic mass is 9.70. The summed E-state index contributed by atoms with van der Waals surface area (Å²) >= 11 is 7.79. The van der Waals surface area contributed by atoms with Gasteiger partial charge in [0.1, 0.15) is 11.2 Å². The van der Waals surface area contributed by atoms with E-state index in [2.05, 4.69) is 31.0 Å². The summed E-state index contributed by atoms with van der Waals surface area (Å²) in [6.07, 6.45) is 10.7. The van der Waals surface area contributed by atoms with Crippen molar-refractivity contribution < 1.29 is 0 Å². The van der Waals surface area contributed by atoms with E-state index in [4.69, 9.17) is 21.6 Å². The quantitative estimate of drug-likeness (QED) is 0.450. The van der Waals surface area contributed by atoms with E-state index in [-0.39, 0.29) is 0 Å². The van der Waals surface area contributed by atoms with Crippen molar-refractivity contribution in [2.24, 2.45) is 11.3 Å². The standard InChI is InChI=1S/C21H25ClN6S/c1-4-21(2,3)13-5-6-15-16(9-13)29-20-18(15)19-25-17(26-28(19)12-23-20)7-8-27-11-14(22)10-24-27/h10-13H,4-9H2,1-3H3. The second-order valence-electron chi connectivity index (χ2n) is 8.68. The van der Waals surface area contributed by atoms with Crippen LogP contribution in [0, 0.1) is 11.3 Å². The number of nitrogens with zero attached hydrogens (tertiary/aromatic N) is 6. The van der Waals surface area contributed by atoms with Crippen LogP contribution in [0.15, 0.2) is 18.7 Å². The van der Waals surface area contributed by atoms with E-state index < -0.39 is 0 Å². The van der Waals surface area contributed by atoms with Crippen molar-refractivity contribution in [1.82, 2.24) is 29.4 Å². The van der Waals surface area contributed by atoms with Crippen molar-refractivity contribution in [3.05, 3.63) is 40.0 Å². The average Bonchev–Trinajstić information content (AvgIpc) is 3.40. The Hall–Kier alpha value is -1.99. The van der Waals surface area contributed by atoms with Crippen LogP contribution < -0.4 is 0 Å². The molecule has 6 nitrogen and oxygen atoms in total. The van der Waals surface area contributed by atoms with Crippen LogP contribution in [-0.4, -0.2) is 29.4 Å². The summed E-state index contributed by atoms with van der Waals surface area (Å²) in [5.41, 5.74) is 2.77. The SMILES string of the molecule is CCC(C)(C)C1CCc2c(sc3ncn4nc(CCn5cc(Cl)cn5)nc4c23)C1. The molecule has 0 radical (unpaired) electrons. The number of halogens is 1. The highest BCUT2D eigenvalue weighted by atomic mass is 35.5. The van der Waals surface area contributed by atoms with Gasteiger partial charge in [0.25, 0.3) is 0 Å². The lowest BCUT2D eigenvalue weighted by molar-refractivity contribution is 0.184. The Morgan fingerprint density at radius 2 is 2.21 bits per heavy atom. The molecule has 4 aromatic rings. The largest absolute Gasteiger partial charge is 0.271 e. The molecule has 0 aromatic carbocycles. The van der Waals surface area contributed by atoms with Gasteiger partial charge in [0.15, 0.2) is 11.5 Å². The van der Waals surface area contributed by atoms with E-state index in [1.54, 1.807) is 12.5 Å². The summed E-state index contributed by atoms with van der Waals surface area (Å²) in [6, 6.07) is 0. The van der Waals surface area contributed by atoms with Gasteiger partial charge in [-0.15, -0.1) is 16.4 Å². The lowest BCUT2D eigenvalue weighted by Crippen LogP contribution is -2.28. The summed E-state index contributed by atoms with van der Waals surface area (Å²) in [7, 11) is 0. The van der Waals surface area contributed by atoms with Crippen LogP contribution in [0.3, 0.4) is 0 Å². The summed E-state index contributed by atoms with van der Waals surface area (Å²) in [5.74, 6) is 1.55.